The van der Waals surface area contributed by atoms with E-state index < -0.39 is 5.97 Å². The zero-order chi connectivity index (χ0) is 16.4. The predicted molar refractivity (Wildman–Crippen MR) is 87.0 cm³/mol. The molecule has 23 heavy (non-hydrogen) atoms. The van der Waals surface area contributed by atoms with Gasteiger partial charge in [0.05, 0.1) is 5.56 Å². The van der Waals surface area contributed by atoms with E-state index in [0.717, 1.165) is 23.0 Å². The molecular formula is C18H17NO4. The molecule has 3 aromatic rings. The summed E-state index contributed by atoms with van der Waals surface area (Å²) in [5.41, 5.74) is 2.09. The molecule has 0 aliphatic carbocycles. The van der Waals surface area contributed by atoms with E-state index in [9.17, 15) is 15.0 Å². The zero-order valence-electron chi connectivity index (χ0n) is 12.7. The number of nitrogens with zero attached hydrogens (tertiary/aromatic N) is 1. The van der Waals surface area contributed by atoms with Crippen molar-refractivity contribution in [3.8, 4) is 11.5 Å². The smallest absolute Gasteiger partial charge is 0.335 e. The van der Waals surface area contributed by atoms with Gasteiger partial charge in [-0.25, -0.2) is 4.79 Å². The van der Waals surface area contributed by atoms with Gasteiger partial charge in [0.25, 0.3) is 0 Å². The van der Waals surface area contributed by atoms with Crippen molar-refractivity contribution in [3.05, 3.63) is 59.8 Å². The fraction of sp³-hybridized carbons (Fsp3) is 0.167. The van der Waals surface area contributed by atoms with Crippen molar-refractivity contribution in [2.45, 2.75) is 20.1 Å². The van der Waals surface area contributed by atoms with E-state index in [-0.39, 0.29) is 17.9 Å². The van der Waals surface area contributed by atoms with Gasteiger partial charge in [0.2, 0.25) is 0 Å². The molecule has 2 aromatic carbocycles. The second-order valence-corrected chi connectivity index (χ2v) is 5.23. The van der Waals surface area contributed by atoms with Gasteiger partial charge in [-0.3, -0.25) is 0 Å². The van der Waals surface area contributed by atoms with Crippen LogP contribution in [-0.2, 0) is 13.2 Å². The first-order chi connectivity index (χ1) is 11.1. The first-order valence-electron chi connectivity index (χ1n) is 7.36. The minimum absolute atomic E-state index is 0.0814. The van der Waals surface area contributed by atoms with Crippen LogP contribution in [0.2, 0.25) is 0 Å². The van der Waals surface area contributed by atoms with Crippen LogP contribution in [0.4, 0.5) is 0 Å². The number of aryl methyl sites for hydroxylation is 1. The Hall–Kier alpha value is -2.95. The average molecular weight is 311 g/mol. The lowest BCUT2D eigenvalue weighted by Gasteiger charge is -2.07. The third kappa shape index (κ3) is 2.85. The van der Waals surface area contributed by atoms with Crippen molar-refractivity contribution in [2.75, 3.05) is 0 Å². The van der Waals surface area contributed by atoms with Crippen LogP contribution in [0.1, 0.15) is 22.8 Å². The van der Waals surface area contributed by atoms with Crippen LogP contribution in [0, 0.1) is 0 Å². The number of fused-ring (bicyclic) bond motifs is 1. The van der Waals surface area contributed by atoms with Crippen LogP contribution in [0.15, 0.2) is 48.7 Å². The Morgan fingerprint density at radius 1 is 1.22 bits per heavy atom. The lowest BCUT2D eigenvalue weighted by atomic mass is 10.1. The number of carbonyl (C=O) groups is 1. The van der Waals surface area contributed by atoms with Crippen molar-refractivity contribution in [1.29, 1.82) is 0 Å². The summed E-state index contributed by atoms with van der Waals surface area (Å²) in [6.45, 7) is 3.06. The lowest BCUT2D eigenvalue weighted by molar-refractivity contribution is 0.0697. The molecule has 0 atom stereocenters. The summed E-state index contributed by atoms with van der Waals surface area (Å²) in [7, 11) is 0. The van der Waals surface area contributed by atoms with Crippen molar-refractivity contribution in [2.24, 2.45) is 0 Å². The summed E-state index contributed by atoms with van der Waals surface area (Å²) in [6, 6.07) is 11.8. The highest BCUT2D eigenvalue weighted by atomic mass is 16.5. The highest BCUT2D eigenvalue weighted by Crippen LogP contribution is 2.28. The third-order valence-electron chi connectivity index (χ3n) is 3.80. The van der Waals surface area contributed by atoms with E-state index >= 15 is 0 Å². The first-order valence-corrected chi connectivity index (χ1v) is 7.36. The van der Waals surface area contributed by atoms with E-state index in [1.807, 2.05) is 23.8 Å². The number of aromatic nitrogens is 1. The summed E-state index contributed by atoms with van der Waals surface area (Å²) in [4.78, 5) is 11.2. The lowest BCUT2D eigenvalue weighted by Crippen LogP contribution is -1.97. The topological polar surface area (TPSA) is 71.7 Å². The number of rotatable bonds is 5. The molecule has 2 N–H and O–H groups in total. The van der Waals surface area contributed by atoms with Gasteiger partial charge in [0, 0.05) is 29.2 Å². The van der Waals surface area contributed by atoms with Gasteiger partial charge < -0.3 is 19.5 Å². The molecule has 0 bridgehead atoms. The third-order valence-corrected chi connectivity index (χ3v) is 3.80. The Morgan fingerprint density at radius 2 is 2.00 bits per heavy atom. The van der Waals surface area contributed by atoms with E-state index in [4.69, 9.17) is 4.74 Å². The number of phenolic OH excluding ortho intramolecular Hbond substituents is 1. The summed E-state index contributed by atoms with van der Waals surface area (Å²) >= 11 is 0. The van der Waals surface area contributed by atoms with Crippen molar-refractivity contribution in [1.82, 2.24) is 4.57 Å². The van der Waals surface area contributed by atoms with Gasteiger partial charge >= 0.3 is 5.97 Å². The molecule has 0 amide bonds. The molecule has 3 rings (SSSR count). The van der Waals surface area contributed by atoms with Crippen LogP contribution < -0.4 is 4.74 Å². The number of benzene rings is 2. The summed E-state index contributed by atoms with van der Waals surface area (Å²) in [5.74, 6) is -0.471. The van der Waals surface area contributed by atoms with Crippen molar-refractivity contribution >= 4 is 16.9 Å². The van der Waals surface area contributed by atoms with Crippen LogP contribution in [-0.4, -0.2) is 20.7 Å². The molecule has 118 valence electrons. The molecule has 0 radical (unpaired) electrons. The number of aromatic hydroxyl groups is 1. The fourth-order valence-electron chi connectivity index (χ4n) is 2.62. The molecule has 0 spiro atoms. The van der Waals surface area contributed by atoms with Gasteiger partial charge in [0.15, 0.2) is 11.5 Å². The quantitative estimate of drug-likeness (QED) is 0.754. The highest BCUT2D eigenvalue weighted by molar-refractivity contribution is 5.95. The number of hydrogen-bond acceptors (Lipinski definition) is 3. The molecule has 0 saturated carbocycles. The number of para-hydroxylation sites is 2. The van der Waals surface area contributed by atoms with Gasteiger partial charge in [0.1, 0.15) is 6.61 Å². The molecule has 0 aliphatic heterocycles. The number of ether oxygens (including phenoxy) is 1. The number of carboxylic acid groups (broad SMARTS) is 1. The second-order valence-electron chi connectivity index (χ2n) is 5.23. The maximum atomic E-state index is 11.2. The van der Waals surface area contributed by atoms with Gasteiger partial charge in [-0.1, -0.05) is 12.1 Å². The van der Waals surface area contributed by atoms with Crippen LogP contribution in [0.3, 0.4) is 0 Å². The summed E-state index contributed by atoms with van der Waals surface area (Å²) in [5, 5.41) is 19.8. The molecule has 1 aromatic heterocycles. The minimum Gasteiger partial charge on any atom is -0.504 e. The Morgan fingerprint density at radius 3 is 2.70 bits per heavy atom. The Labute approximate surface area is 133 Å². The maximum Gasteiger partial charge on any atom is 0.335 e. The average Bonchev–Trinajstić information content (AvgIpc) is 2.91. The van der Waals surface area contributed by atoms with Gasteiger partial charge in [-0.15, -0.1) is 0 Å². The van der Waals surface area contributed by atoms with Gasteiger partial charge in [-0.2, -0.15) is 0 Å². The molecule has 5 heteroatoms. The highest BCUT2D eigenvalue weighted by Gasteiger charge is 2.12. The summed E-state index contributed by atoms with van der Waals surface area (Å²) in [6.07, 6.45) is 1.95. The normalized spacial score (nSPS) is 10.8. The van der Waals surface area contributed by atoms with Crippen LogP contribution in [0.5, 0.6) is 11.5 Å². The van der Waals surface area contributed by atoms with Crippen molar-refractivity contribution in [3.63, 3.8) is 0 Å². The zero-order valence-corrected chi connectivity index (χ0v) is 12.7. The second kappa shape index (κ2) is 6.04. The maximum absolute atomic E-state index is 11.2. The molecule has 0 fully saturated rings. The number of hydrogen-bond donors (Lipinski definition) is 2. The fourth-order valence-corrected chi connectivity index (χ4v) is 2.62. The Kier molecular flexibility index (Phi) is 3.93. The number of aromatic carboxylic acids is 1. The predicted octanol–water partition coefficient (Wildman–Crippen LogP) is 3.64. The molecule has 0 saturated heterocycles. The first kappa shape index (κ1) is 15.0. The van der Waals surface area contributed by atoms with E-state index in [0.29, 0.717) is 5.75 Å². The number of carboxylic acids is 1. The van der Waals surface area contributed by atoms with E-state index in [1.165, 1.54) is 0 Å². The molecule has 1 heterocycles. The largest absolute Gasteiger partial charge is 0.504 e. The molecular weight excluding hydrogens is 294 g/mol. The molecule has 0 aliphatic rings. The van der Waals surface area contributed by atoms with Crippen LogP contribution >= 0.6 is 0 Å². The minimum atomic E-state index is -0.955. The van der Waals surface area contributed by atoms with E-state index in [2.05, 4.69) is 0 Å². The SMILES string of the molecule is CCn1cc(COc2ccccc2O)c2cc(C(=O)O)ccc21. The Bertz CT molecular complexity index is 867. The number of phenols is 1. The van der Waals surface area contributed by atoms with E-state index in [1.54, 1.807) is 36.4 Å². The monoisotopic (exact) mass is 311 g/mol. The van der Waals surface area contributed by atoms with Crippen molar-refractivity contribution < 1.29 is 19.7 Å². The summed E-state index contributed by atoms with van der Waals surface area (Å²) < 4.78 is 7.72. The Balaban J connectivity index is 1.97. The molecule has 5 nitrogen and oxygen atoms in total. The van der Waals surface area contributed by atoms with Gasteiger partial charge in [-0.05, 0) is 37.3 Å². The standard InChI is InChI=1S/C18H17NO4/c1-2-19-10-13(11-23-17-6-4-3-5-16(17)20)14-9-12(18(21)22)7-8-15(14)19/h3-10,20H,2,11H2,1H3,(H,21,22). The van der Waals surface area contributed by atoms with Crippen LogP contribution in [0.25, 0.3) is 10.9 Å². The molecule has 0 unspecified atom stereocenters.